The molecule has 0 spiro atoms. The number of nitrogens with zero attached hydrogens (tertiary/aromatic N) is 1. The van der Waals surface area contributed by atoms with Gasteiger partial charge in [0, 0.05) is 19.4 Å². The number of aromatic hydroxyl groups is 1. The van der Waals surface area contributed by atoms with Crippen LogP contribution in [-0.4, -0.2) is 76.5 Å². The first-order chi connectivity index (χ1) is 19.2. The van der Waals surface area contributed by atoms with Crippen molar-refractivity contribution in [1.82, 2.24) is 16.0 Å². The van der Waals surface area contributed by atoms with Crippen LogP contribution >= 0.6 is 0 Å². The van der Waals surface area contributed by atoms with Crippen LogP contribution in [0.5, 0.6) is 5.75 Å². The zero-order chi connectivity index (χ0) is 31.1. The predicted molar refractivity (Wildman–Crippen MR) is 151 cm³/mol. The molecule has 0 aliphatic heterocycles. The summed E-state index contributed by atoms with van der Waals surface area (Å²) in [5, 5.41) is 26.7. The van der Waals surface area contributed by atoms with Gasteiger partial charge in [-0.2, -0.15) is 0 Å². The summed E-state index contributed by atoms with van der Waals surface area (Å²) < 4.78 is 0. The highest BCUT2D eigenvalue weighted by Gasteiger charge is 2.31. The number of rotatable bonds is 18. The molecule has 0 bridgehead atoms. The van der Waals surface area contributed by atoms with Gasteiger partial charge in [0.05, 0.1) is 6.04 Å². The maximum atomic E-state index is 13.3. The van der Waals surface area contributed by atoms with Crippen molar-refractivity contribution in [3.8, 4) is 5.75 Å². The third-order valence-corrected chi connectivity index (χ3v) is 6.44. The Kier molecular flexibility index (Phi) is 14.6. The lowest BCUT2D eigenvalue weighted by Crippen LogP contribution is -2.58. The fourth-order valence-electron chi connectivity index (χ4n) is 3.72. The van der Waals surface area contributed by atoms with Crippen molar-refractivity contribution in [2.75, 3.05) is 6.54 Å². The average molecular weight is 579 g/mol. The molecule has 1 rings (SSSR count). The Morgan fingerprint density at radius 3 is 1.98 bits per heavy atom. The van der Waals surface area contributed by atoms with E-state index in [1.165, 1.54) is 24.3 Å². The second-order valence-corrected chi connectivity index (χ2v) is 9.76. The Morgan fingerprint density at radius 2 is 1.44 bits per heavy atom. The maximum Gasteiger partial charge on any atom is 0.326 e. The summed E-state index contributed by atoms with van der Waals surface area (Å²) in [7, 11) is 0. The third-order valence-electron chi connectivity index (χ3n) is 6.44. The number of aliphatic carboxylic acids is 1. The van der Waals surface area contributed by atoms with Gasteiger partial charge in [-0.1, -0.05) is 32.4 Å². The van der Waals surface area contributed by atoms with Crippen LogP contribution in [0.25, 0.3) is 0 Å². The van der Waals surface area contributed by atoms with Crippen molar-refractivity contribution >= 4 is 35.6 Å². The van der Waals surface area contributed by atoms with Crippen LogP contribution in [0, 0.1) is 5.92 Å². The predicted octanol–water partition coefficient (Wildman–Crippen LogP) is -1.83. The number of phenolic OH excluding ortho intramolecular Hbond substituents is 1. The van der Waals surface area contributed by atoms with Gasteiger partial charge in [0.25, 0.3) is 0 Å². The number of carbonyl (C=O) groups is 5. The van der Waals surface area contributed by atoms with Gasteiger partial charge in [-0.3, -0.25) is 24.2 Å². The van der Waals surface area contributed by atoms with Crippen molar-refractivity contribution in [3.63, 3.8) is 0 Å². The number of carbonyl (C=O) groups excluding carboxylic acids is 4. The van der Waals surface area contributed by atoms with E-state index in [9.17, 15) is 34.2 Å². The number of guanidine groups is 1. The lowest BCUT2D eigenvalue weighted by Gasteiger charge is -2.26. The SMILES string of the molecule is CCC(C)C(N)C(=O)NC(CCC(N)=O)C(=O)NC(Cc1ccc(O)cc1)C(=O)NC(CCCN=C(N)N)C(=O)O. The first kappa shape index (κ1) is 34.6. The normalized spacial score (nSPS) is 14.4. The van der Waals surface area contributed by atoms with E-state index in [1.54, 1.807) is 6.92 Å². The van der Waals surface area contributed by atoms with Crippen LogP contribution in [0.4, 0.5) is 0 Å². The number of phenols is 1. The van der Waals surface area contributed by atoms with Crippen molar-refractivity contribution in [2.24, 2.45) is 33.8 Å². The molecule has 0 heterocycles. The molecule has 15 heteroatoms. The number of benzene rings is 1. The molecule has 5 unspecified atom stereocenters. The van der Waals surface area contributed by atoms with Gasteiger partial charge in [-0.25, -0.2) is 4.79 Å². The molecule has 13 N–H and O–H groups in total. The van der Waals surface area contributed by atoms with Gasteiger partial charge in [0.1, 0.15) is 23.9 Å². The van der Waals surface area contributed by atoms with E-state index < -0.39 is 53.8 Å². The summed E-state index contributed by atoms with van der Waals surface area (Å²) in [6, 6.07) is 1.07. The number of amides is 4. The summed E-state index contributed by atoms with van der Waals surface area (Å²) in [6.45, 7) is 3.78. The van der Waals surface area contributed by atoms with Crippen LogP contribution in [0.15, 0.2) is 29.3 Å². The third kappa shape index (κ3) is 13.0. The van der Waals surface area contributed by atoms with Crippen molar-refractivity contribution in [3.05, 3.63) is 29.8 Å². The monoisotopic (exact) mass is 578 g/mol. The summed E-state index contributed by atoms with van der Waals surface area (Å²) in [4.78, 5) is 66.3. The second-order valence-electron chi connectivity index (χ2n) is 9.76. The number of hydrogen-bond acceptors (Lipinski definition) is 8. The molecule has 15 nitrogen and oxygen atoms in total. The van der Waals surface area contributed by atoms with Gasteiger partial charge in [-0.05, 0) is 42.9 Å². The topological polar surface area (TPSA) is 278 Å². The van der Waals surface area contributed by atoms with Crippen LogP contribution < -0.4 is 38.9 Å². The summed E-state index contributed by atoms with van der Waals surface area (Å²) in [6.07, 6.45) is 0.391. The van der Waals surface area contributed by atoms with E-state index in [0.717, 1.165) is 0 Å². The van der Waals surface area contributed by atoms with E-state index >= 15 is 0 Å². The molecule has 0 fully saturated rings. The smallest absolute Gasteiger partial charge is 0.326 e. The van der Waals surface area contributed by atoms with Gasteiger partial charge in [0.15, 0.2) is 5.96 Å². The average Bonchev–Trinajstić information content (AvgIpc) is 2.91. The fraction of sp³-hybridized carbons (Fsp3) is 0.538. The number of aliphatic imine (C=N–C) groups is 1. The molecular weight excluding hydrogens is 536 g/mol. The molecule has 41 heavy (non-hydrogen) atoms. The summed E-state index contributed by atoms with van der Waals surface area (Å²) in [5.74, 6) is -4.59. The molecule has 0 aliphatic carbocycles. The van der Waals surface area contributed by atoms with Crippen LogP contribution in [0.3, 0.4) is 0 Å². The number of nitrogens with two attached hydrogens (primary N) is 4. The molecule has 4 amide bonds. The van der Waals surface area contributed by atoms with Crippen LogP contribution in [0.1, 0.15) is 51.5 Å². The lowest BCUT2D eigenvalue weighted by atomic mass is 9.98. The van der Waals surface area contributed by atoms with Crippen LogP contribution in [0.2, 0.25) is 0 Å². The maximum absolute atomic E-state index is 13.3. The number of carboxylic acids is 1. The molecule has 0 aliphatic rings. The molecule has 228 valence electrons. The zero-order valence-corrected chi connectivity index (χ0v) is 23.3. The van der Waals surface area contributed by atoms with Gasteiger partial charge >= 0.3 is 5.97 Å². The zero-order valence-electron chi connectivity index (χ0n) is 23.3. The fourth-order valence-corrected chi connectivity index (χ4v) is 3.72. The number of hydrogen-bond donors (Lipinski definition) is 9. The Morgan fingerprint density at radius 1 is 0.878 bits per heavy atom. The minimum Gasteiger partial charge on any atom is -0.508 e. The molecule has 1 aromatic rings. The van der Waals surface area contributed by atoms with E-state index in [0.29, 0.717) is 12.0 Å². The molecular formula is C26H42N8O7. The first-order valence-corrected chi connectivity index (χ1v) is 13.3. The highest BCUT2D eigenvalue weighted by molar-refractivity contribution is 5.94. The quantitative estimate of drug-likeness (QED) is 0.0533. The Balaban J connectivity index is 3.18. The number of nitrogens with one attached hydrogen (secondary N) is 3. The molecule has 1 aromatic carbocycles. The molecule has 0 saturated carbocycles. The highest BCUT2D eigenvalue weighted by atomic mass is 16.4. The molecule has 0 radical (unpaired) electrons. The van der Waals surface area contributed by atoms with Gasteiger partial charge < -0.3 is 49.1 Å². The molecule has 5 atom stereocenters. The Labute approximate surface area is 238 Å². The van der Waals surface area contributed by atoms with Gasteiger partial charge in [0.2, 0.25) is 23.6 Å². The Bertz CT molecular complexity index is 1080. The second kappa shape index (κ2) is 17.3. The van der Waals surface area contributed by atoms with Crippen molar-refractivity contribution in [2.45, 2.75) is 76.5 Å². The standard InChI is InChI=1S/C26H42N8O7/c1-3-14(2)21(28)24(39)32-17(10-11-20(27)36)22(37)34-19(13-15-6-8-16(35)9-7-15)23(38)33-18(25(40)41)5-4-12-31-26(29)30/h6-9,14,17-19,21,35H,3-5,10-13,28H2,1-2H3,(H2,27,36)(H,32,39)(H,33,38)(H,34,37)(H,40,41)(H4,29,30,31). The first-order valence-electron chi connectivity index (χ1n) is 13.3. The lowest BCUT2D eigenvalue weighted by molar-refractivity contribution is -0.142. The van der Waals surface area contributed by atoms with Crippen molar-refractivity contribution in [1.29, 1.82) is 0 Å². The minimum atomic E-state index is -1.31. The molecule has 0 saturated heterocycles. The van der Waals surface area contributed by atoms with E-state index in [-0.39, 0.29) is 56.3 Å². The van der Waals surface area contributed by atoms with Gasteiger partial charge in [-0.15, -0.1) is 0 Å². The number of carboxylic acid groups (broad SMARTS) is 1. The van der Waals surface area contributed by atoms with Crippen molar-refractivity contribution < 1.29 is 34.2 Å². The minimum absolute atomic E-state index is 0.00250. The van der Waals surface area contributed by atoms with E-state index in [1.807, 2.05) is 6.92 Å². The highest BCUT2D eigenvalue weighted by Crippen LogP contribution is 2.13. The van der Waals surface area contributed by atoms with E-state index in [4.69, 9.17) is 22.9 Å². The van der Waals surface area contributed by atoms with Crippen LogP contribution in [-0.2, 0) is 30.4 Å². The number of primary amides is 1. The Hall–Kier alpha value is -4.40. The molecule has 0 aromatic heterocycles. The summed E-state index contributed by atoms with van der Waals surface area (Å²) in [5.41, 5.74) is 22.3. The largest absolute Gasteiger partial charge is 0.508 e. The van der Waals surface area contributed by atoms with E-state index in [2.05, 4.69) is 20.9 Å². The summed E-state index contributed by atoms with van der Waals surface area (Å²) >= 11 is 0.